The highest BCUT2D eigenvalue weighted by atomic mass is 31.2. The average Bonchev–Trinajstić information content (AvgIpc) is 1.01. The Balaban J connectivity index is 5.40. The Kier molecular flexibility index (Phi) is 70.4. The van der Waals surface area contributed by atoms with E-state index in [2.05, 4.69) is 125 Å². The molecule has 0 aliphatic heterocycles. The Morgan fingerprint density at radius 2 is 0.490 bits per heavy atom. The number of aliphatic hydroxyl groups excluding tert-OH is 1. The molecule has 0 aromatic carbocycles. The molecule has 0 rings (SSSR count). The highest BCUT2D eigenvalue weighted by molar-refractivity contribution is 7.47. The summed E-state index contributed by atoms with van der Waals surface area (Å²) in [6.07, 6.45) is 76.6. The van der Waals surface area contributed by atoms with Crippen LogP contribution in [0.3, 0.4) is 0 Å². The first-order valence-corrected chi connectivity index (χ1v) is 42.5. The van der Waals surface area contributed by atoms with Gasteiger partial charge in [0.1, 0.15) is 19.3 Å². The first-order chi connectivity index (χ1) is 48.7. The standard InChI is InChI=1S/C81H142O17P2/c1-5-9-13-17-21-25-29-33-37-41-45-49-53-57-61-65-78(83)91-71-76(97-80(85)67-63-59-55-51-47-43-39-35-31-27-23-19-15-11-7-3)73-95-99(87,88)93-69-75(82)70-94-100(89,90)96-74-77(98-81(86)68-64-60-56-52-48-44-40-36-32-28-24-20-16-12-8-4)72-92-79(84)66-62-58-54-50-46-42-38-34-30-26-22-18-14-10-6-2/h21-28,33-40,75-77,82H,5-20,29-32,41-74H2,1-4H3,(H,87,88)(H,89,90)/b25-21-,26-22-,27-23-,28-24-,37-33-,38-34-,39-35-,40-36-/t76-,77-/m1/s1. The summed E-state index contributed by atoms with van der Waals surface area (Å²) < 4.78 is 68.5. The van der Waals surface area contributed by atoms with Crippen LogP contribution in [0.2, 0.25) is 0 Å². The molecule has 19 heteroatoms. The molecule has 3 N–H and O–H groups in total. The second-order valence-electron chi connectivity index (χ2n) is 26.3. The Bertz CT molecular complexity index is 2120. The average molecular weight is 1450 g/mol. The molecule has 578 valence electrons. The lowest BCUT2D eigenvalue weighted by molar-refractivity contribution is -0.161. The summed E-state index contributed by atoms with van der Waals surface area (Å²) in [5.74, 6) is -2.22. The van der Waals surface area contributed by atoms with Gasteiger partial charge in [0, 0.05) is 25.7 Å². The van der Waals surface area contributed by atoms with E-state index in [1.165, 1.54) is 77.0 Å². The summed E-state index contributed by atoms with van der Waals surface area (Å²) in [5.41, 5.74) is 0. The fourth-order valence-electron chi connectivity index (χ4n) is 10.4. The van der Waals surface area contributed by atoms with Gasteiger partial charge in [0.05, 0.1) is 26.4 Å². The van der Waals surface area contributed by atoms with E-state index in [1.807, 2.05) is 0 Å². The second-order valence-corrected chi connectivity index (χ2v) is 29.2. The lowest BCUT2D eigenvalue weighted by Gasteiger charge is -2.21. The van der Waals surface area contributed by atoms with Crippen LogP contribution in [0.5, 0.6) is 0 Å². The third kappa shape index (κ3) is 72.3. The van der Waals surface area contributed by atoms with E-state index < -0.39 is 97.5 Å². The molecule has 0 aromatic heterocycles. The van der Waals surface area contributed by atoms with Gasteiger partial charge in [-0.3, -0.25) is 37.3 Å². The van der Waals surface area contributed by atoms with Crippen LogP contribution in [0.1, 0.15) is 336 Å². The molecule has 2 unspecified atom stereocenters. The van der Waals surface area contributed by atoms with Crippen molar-refractivity contribution in [2.45, 2.75) is 354 Å². The highest BCUT2D eigenvalue weighted by Gasteiger charge is 2.30. The predicted octanol–water partition coefficient (Wildman–Crippen LogP) is 22.8. The van der Waals surface area contributed by atoms with Crippen molar-refractivity contribution in [1.82, 2.24) is 0 Å². The number of hydrogen-bond donors (Lipinski definition) is 3. The van der Waals surface area contributed by atoms with Crippen molar-refractivity contribution in [1.29, 1.82) is 0 Å². The summed E-state index contributed by atoms with van der Waals surface area (Å²) in [5, 5.41) is 10.6. The largest absolute Gasteiger partial charge is 0.472 e. The molecule has 100 heavy (non-hydrogen) atoms. The van der Waals surface area contributed by atoms with Gasteiger partial charge in [-0.25, -0.2) is 9.13 Å². The minimum absolute atomic E-state index is 0.0756. The van der Waals surface area contributed by atoms with E-state index in [0.717, 1.165) is 180 Å². The Morgan fingerprint density at radius 3 is 0.740 bits per heavy atom. The lowest BCUT2D eigenvalue weighted by Crippen LogP contribution is -2.30. The zero-order valence-electron chi connectivity index (χ0n) is 63.1. The third-order valence-corrected chi connectivity index (χ3v) is 18.4. The van der Waals surface area contributed by atoms with Crippen LogP contribution < -0.4 is 0 Å². The number of phosphoric acid groups is 2. The minimum atomic E-state index is -4.98. The molecule has 0 amide bonds. The molecule has 17 nitrogen and oxygen atoms in total. The number of ether oxygens (including phenoxy) is 4. The number of carbonyl (C=O) groups is 4. The number of aliphatic hydroxyl groups is 1. The van der Waals surface area contributed by atoms with E-state index >= 15 is 0 Å². The van der Waals surface area contributed by atoms with Crippen LogP contribution in [0, 0.1) is 0 Å². The number of phosphoric ester groups is 2. The molecule has 0 heterocycles. The van der Waals surface area contributed by atoms with Crippen molar-refractivity contribution < 1.29 is 80.2 Å². The van der Waals surface area contributed by atoms with Gasteiger partial charge in [-0.1, -0.05) is 253 Å². The molecule has 0 radical (unpaired) electrons. The van der Waals surface area contributed by atoms with Gasteiger partial charge in [0.15, 0.2) is 12.2 Å². The van der Waals surface area contributed by atoms with E-state index in [9.17, 15) is 43.2 Å². The summed E-state index contributed by atoms with van der Waals surface area (Å²) in [6, 6.07) is 0. The molecule has 0 saturated heterocycles. The maximum Gasteiger partial charge on any atom is 0.472 e. The maximum atomic E-state index is 13.1. The number of esters is 4. The molecular formula is C81H142O17P2. The van der Waals surface area contributed by atoms with E-state index in [4.69, 9.17) is 37.0 Å². The summed E-state index contributed by atoms with van der Waals surface area (Å²) in [4.78, 5) is 72.9. The fourth-order valence-corrected chi connectivity index (χ4v) is 12.0. The van der Waals surface area contributed by atoms with Crippen LogP contribution >= 0.6 is 15.6 Å². The quantitative estimate of drug-likeness (QED) is 0.0169. The molecular weight excluding hydrogens is 1310 g/mol. The van der Waals surface area contributed by atoms with Gasteiger partial charge in [-0.2, -0.15) is 0 Å². The van der Waals surface area contributed by atoms with Crippen molar-refractivity contribution in [2.24, 2.45) is 0 Å². The predicted molar refractivity (Wildman–Crippen MR) is 409 cm³/mol. The minimum Gasteiger partial charge on any atom is -0.462 e. The van der Waals surface area contributed by atoms with Crippen LogP contribution in [-0.2, 0) is 65.4 Å². The third-order valence-electron chi connectivity index (χ3n) is 16.5. The first kappa shape index (κ1) is 96.0. The van der Waals surface area contributed by atoms with Crippen molar-refractivity contribution in [2.75, 3.05) is 39.6 Å². The van der Waals surface area contributed by atoms with Crippen molar-refractivity contribution in [3.63, 3.8) is 0 Å². The van der Waals surface area contributed by atoms with Gasteiger partial charge in [-0.15, -0.1) is 0 Å². The fraction of sp³-hybridized carbons (Fsp3) is 0.753. The number of rotatable bonds is 74. The molecule has 0 saturated carbocycles. The first-order valence-electron chi connectivity index (χ1n) is 39.5. The normalized spacial score (nSPS) is 14.4. The van der Waals surface area contributed by atoms with E-state index in [0.29, 0.717) is 25.7 Å². The molecule has 0 aromatic rings. The maximum absolute atomic E-state index is 13.1. The molecule has 0 aliphatic carbocycles. The van der Waals surface area contributed by atoms with Gasteiger partial charge >= 0.3 is 39.5 Å². The Morgan fingerprint density at radius 1 is 0.280 bits per heavy atom. The highest BCUT2D eigenvalue weighted by Crippen LogP contribution is 2.45. The Labute approximate surface area is 607 Å². The molecule has 0 aliphatic rings. The van der Waals surface area contributed by atoms with Gasteiger partial charge in [0.2, 0.25) is 0 Å². The summed E-state index contributed by atoms with van der Waals surface area (Å²) >= 11 is 0. The zero-order valence-corrected chi connectivity index (χ0v) is 64.9. The van der Waals surface area contributed by atoms with Crippen molar-refractivity contribution in [3.05, 3.63) is 97.2 Å². The van der Waals surface area contributed by atoms with E-state index in [-0.39, 0.29) is 25.7 Å². The van der Waals surface area contributed by atoms with Crippen LogP contribution in [0.25, 0.3) is 0 Å². The number of unbranched alkanes of at least 4 members (excludes halogenated alkanes) is 32. The smallest absolute Gasteiger partial charge is 0.462 e. The zero-order chi connectivity index (χ0) is 73.2. The number of hydrogen-bond acceptors (Lipinski definition) is 15. The topological polar surface area (TPSA) is 237 Å². The van der Waals surface area contributed by atoms with Gasteiger partial charge in [-0.05, 0) is 154 Å². The molecule has 0 bridgehead atoms. The van der Waals surface area contributed by atoms with Crippen LogP contribution in [0.15, 0.2) is 97.2 Å². The van der Waals surface area contributed by atoms with Gasteiger partial charge < -0.3 is 33.8 Å². The Hall–Kier alpha value is -4.02. The van der Waals surface area contributed by atoms with Crippen molar-refractivity contribution in [3.8, 4) is 0 Å². The number of carbonyl (C=O) groups excluding carboxylic acids is 4. The summed E-state index contributed by atoms with van der Waals surface area (Å²) in [6.45, 7) is 4.74. The second kappa shape index (κ2) is 73.3. The SMILES string of the molecule is CCCCC/C=C\C/C=C\CCCCCCCC(=O)OC[C@H](COP(=O)(O)OCC(O)COP(=O)(O)OC[C@@H](COC(=O)CCCCCCC/C=C\C/C=C\CCCCC)OC(=O)CCCCCCC/C=C\C/C=C\CCCCC)OC(=O)CCCCCCC/C=C\C/C=C\CCCCC. The molecule has 4 atom stereocenters. The van der Waals surface area contributed by atoms with E-state index in [1.54, 1.807) is 0 Å². The molecule has 0 fully saturated rings. The molecule has 0 spiro atoms. The van der Waals surface area contributed by atoms with Crippen LogP contribution in [0.4, 0.5) is 0 Å². The van der Waals surface area contributed by atoms with Crippen LogP contribution in [-0.4, -0.2) is 96.7 Å². The summed E-state index contributed by atoms with van der Waals surface area (Å²) in [7, 11) is -9.97. The monoisotopic (exact) mass is 1450 g/mol. The number of allylic oxidation sites excluding steroid dienone is 16. The van der Waals surface area contributed by atoms with Crippen molar-refractivity contribution >= 4 is 39.5 Å². The lowest BCUT2D eigenvalue weighted by atomic mass is 10.1. The van der Waals surface area contributed by atoms with Gasteiger partial charge in [0.25, 0.3) is 0 Å².